The molecule has 0 atom stereocenters. The van der Waals surface area contributed by atoms with Crippen LogP contribution in [0.2, 0.25) is 5.02 Å². The molecule has 0 radical (unpaired) electrons. The molecule has 0 bridgehead atoms. The minimum Gasteiger partial charge on any atom is -0.492 e. The summed E-state index contributed by atoms with van der Waals surface area (Å²) < 4.78 is 7.44. The topological polar surface area (TPSA) is 50.8 Å². The maximum absolute atomic E-state index is 8.72. The number of ether oxygens (including phenoxy) is 1. The van der Waals surface area contributed by atoms with Crippen LogP contribution in [-0.2, 0) is 6.54 Å². The van der Waals surface area contributed by atoms with Crippen LogP contribution in [0.3, 0.4) is 0 Å². The first-order valence-corrected chi connectivity index (χ1v) is 5.45. The number of nitriles is 1. The molecular weight excluding hydrogens is 238 g/mol. The van der Waals surface area contributed by atoms with Crippen molar-refractivity contribution in [3.63, 3.8) is 0 Å². The van der Waals surface area contributed by atoms with E-state index in [1.54, 1.807) is 30.7 Å². The molecule has 0 fully saturated rings. The molecule has 5 heteroatoms. The molecule has 4 nitrogen and oxygen atoms in total. The van der Waals surface area contributed by atoms with E-state index in [0.29, 0.717) is 22.9 Å². The highest BCUT2D eigenvalue weighted by Crippen LogP contribution is 2.21. The van der Waals surface area contributed by atoms with Crippen LogP contribution in [0.15, 0.2) is 36.9 Å². The van der Waals surface area contributed by atoms with E-state index in [0.717, 1.165) is 6.54 Å². The summed E-state index contributed by atoms with van der Waals surface area (Å²) >= 11 is 5.89. The summed E-state index contributed by atoms with van der Waals surface area (Å²) in [5, 5.41) is 9.13. The van der Waals surface area contributed by atoms with Crippen molar-refractivity contribution in [2.75, 3.05) is 6.61 Å². The zero-order valence-electron chi connectivity index (χ0n) is 9.01. The van der Waals surface area contributed by atoms with Gasteiger partial charge in [-0.25, -0.2) is 4.98 Å². The number of hydrogen-bond donors (Lipinski definition) is 0. The van der Waals surface area contributed by atoms with Crippen LogP contribution in [-0.4, -0.2) is 16.2 Å². The lowest BCUT2D eigenvalue weighted by atomic mass is 10.2. The number of hydrogen-bond acceptors (Lipinski definition) is 3. The second-order valence-electron chi connectivity index (χ2n) is 3.40. The number of nitrogens with zero attached hydrogens (tertiary/aromatic N) is 3. The normalized spacial score (nSPS) is 9.88. The molecule has 2 rings (SSSR count). The Balaban J connectivity index is 1.91. The molecule has 1 aromatic heterocycles. The minimum atomic E-state index is 0.410. The smallest absolute Gasteiger partial charge is 0.120 e. The van der Waals surface area contributed by atoms with Gasteiger partial charge < -0.3 is 9.30 Å². The Labute approximate surface area is 104 Å². The third-order valence-electron chi connectivity index (χ3n) is 2.24. The largest absolute Gasteiger partial charge is 0.492 e. The first-order valence-electron chi connectivity index (χ1n) is 5.08. The zero-order valence-corrected chi connectivity index (χ0v) is 9.76. The zero-order chi connectivity index (χ0) is 12.1. The fourth-order valence-corrected chi connectivity index (χ4v) is 1.58. The van der Waals surface area contributed by atoms with E-state index in [9.17, 15) is 0 Å². The number of aromatic nitrogens is 2. The van der Waals surface area contributed by atoms with Gasteiger partial charge in [0.1, 0.15) is 18.4 Å². The Kier molecular flexibility index (Phi) is 3.63. The summed E-state index contributed by atoms with van der Waals surface area (Å²) in [7, 11) is 0. The molecular formula is C12H10ClN3O. The van der Waals surface area contributed by atoms with Gasteiger partial charge in [-0.2, -0.15) is 5.26 Å². The van der Waals surface area contributed by atoms with Crippen molar-refractivity contribution in [3.05, 3.63) is 47.5 Å². The van der Waals surface area contributed by atoms with Gasteiger partial charge in [-0.05, 0) is 12.1 Å². The molecule has 0 amide bonds. The van der Waals surface area contributed by atoms with Crippen LogP contribution in [0.4, 0.5) is 0 Å². The molecule has 86 valence electrons. The summed E-state index contributed by atoms with van der Waals surface area (Å²) in [5.41, 5.74) is 0.452. The summed E-state index contributed by atoms with van der Waals surface area (Å²) in [4.78, 5) is 3.93. The number of benzene rings is 1. The summed E-state index contributed by atoms with van der Waals surface area (Å²) in [6.07, 6.45) is 5.32. The molecule has 0 spiro atoms. The van der Waals surface area contributed by atoms with Gasteiger partial charge >= 0.3 is 0 Å². The second-order valence-corrected chi connectivity index (χ2v) is 3.81. The van der Waals surface area contributed by atoms with Crippen LogP contribution in [0, 0.1) is 11.3 Å². The van der Waals surface area contributed by atoms with E-state index in [1.165, 1.54) is 0 Å². The fraction of sp³-hybridized carbons (Fsp3) is 0.167. The van der Waals surface area contributed by atoms with Gasteiger partial charge in [-0.1, -0.05) is 11.6 Å². The standard InChI is InChI=1S/C12H10ClN3O/c13-12-7-11(2-1-10(12)8-14)17-6-5-16-4-3-15-9-16/h1-4,7,9H,5-6H2. The second kappa shape index (κ2) is 5.37. The maximum Gasteiger partial charge on any atom is 0.120 e. The number of imidazole rings is 1. The van der Waals surface area contributed by atoms with E-state index in [-0.39, 0.29) is 0 Å². The molecule has 0 aliphatic carbocycles. The Morgan fingerprint density at radius 3 is 3.00 bits per heavy atom. The highest BCUT2D eigenvalue weighted by atomic mass is 35.5. The first-order chi connectivity index (χ1) is 8.29. The van der Waals surface area contributed by atoms with Gasteiger partial charge in [0.2, 0.25) is 0 Å². The van der Waals surface area contributed by atoms with Crippen molar-refractivity contribution in [1.29, 1.82) is 5.26 Å². The molecule has 0 saturated carbocycles. The van der Waals surface area contributed by atoms with Gasteiger partial charge in [-0.15, -0.1) is 0 Å². The van der Waals surface area contributed by atoms with Crippen LogP contribution in [0.5, 0.6) is 5.75 Å². The lowest BCUT2D eigenvalue weighted by molar-refractivity contribution is 0.298. The molecule has 1 heterocycles. The van der Waals surface area contributed by atoms with Gasteiger partial charge in [0, 0.05) is 18.5 Å². The van der Waals surface area contributed by atoms with Crippen LogP contribution in [0.25, 0.3) is 0 Å². The third kappa shape index (κ3) is 2.99. The molecule has 0 aliphatic heterocycles. The predicted octanol–water partition coefficient (Wildman–Crippen LogP) is 2.49. The van der Waals surface area contributed by atoms with Gasteiger partial charge in [0.05, 0.1) is 23.5 Å². The Morgan fingerprint density at radius 1 is 1.47 bits per heavy atom. The van der Waals surface area contributed by atoms with Crippen molar-refractivity contribution in [2.24, 2.45) is 0 Å². The van der Waals surface area contributed by atoms with Crippen LogP contribution >= 0.6 is 11.6 Å². The highest BCUT2D eigenvalue weighted by Gasteiger charge is 2.01. The molecule has 1 aromatic carbocycles. The Morgan fingerprint density at radius 2 is 2.35 bits per heavy atom. The van der Waals surface area contributed by atoms with E-state index in [2.05, 4.69) is 4.98 Å². The molecule has 0 aliphatic rings. The average Bonchev–Trinajstić information content (AvgIpc) is 2.82. The number of halogens is 1. The summed E-state index contributed by atoms with van der Waals surface area (Å²) in [6, 6.07) is 7.03. The van der Waals surface area contributed by atoms with Crippen LogP contribution < -0.4 is 4.74 Å². The van der Waals surface area contributed by atoms with Crippen molar-refractivity contribution in [3.8, 4) is 11.8 Å². The molecule has 17 heavy (non-hydrogen) atoms. The van der Waals surface area contributed by atoms with Crippen molar-refractivity contribution >= 4 is 11.6 Å². The lowest BCUT2D eigenvalue weighted by Gasteiger charge is -2.07. The maximum atomic E-state index is 8.72. The molecule has 0 saturated heterocycles. The van der Waals surface area contributed by atoms with Crippen molar-refractivity contribution < 1.29 is 4.74 Å². The monoisotopic (exact) mass is 247 g/mol. The van der Waals surface area contributed by atoms with E-state index >= 15 is 0 Å². The molecule has 0 N–H and O–H groups in total. The van der Waals surface area contributed by atoms with E-state index < -0.39 is 0 Å². The third-order valence-corrected chi connectivity index (χ3v) is 2.55. The lowest BCUT2D eigenvalue weighted by Crippen LogP contribution is -2.06. The van der Waals surface area contributed by atoms with Gasteiger partial charge in [0.25, 0.3) is 0 Å². The van der Waals surface area contributed by atoms with E-state index in [1.807, 2.05) is 16.8 Å². The van der Waals surface area contributed by atoms with E-state index in [4.69, 9.17) is 21.6 Å². The minimum absolute atomic E-state index is 0.410. The van der Waals surface area contributed by atoms with Gasteiger partial charge in [-0.3, -0.25) is 0 Å². The van der Waals surface area contributed by atoms with Crippen LogP contribution in [0.1, 0.15) is 5.56 Å². The molecule has 0 unspecified atom stereocenters. The highest BCUT2D eigenvalue weighted by molar-refractivity contribution is 6.31. The fourth-order valence-electron chi connectivity index (χ4n) is 1.36. The van der Waals surface area contributed by atoms with Crippen molar-refractivity contribution in [1.82, 2.24) is 9.55 Å². The Bertz CT molecular complexity index is 531. The van der Waals surface area contributed by atoms with Gasteiger partial charge in [0.15, 0.2) is 0 Å². The quantitative estimate of drug-likeness (QED) is 0.834. The first kappa shape index (κ1) is 11.5. The molecule has 2 aromatic rings. The Hall–Kier alpha value is -1.99. The summed E-state index contributed by atoms with van der Waals surface area (Å²) in [6.45, 7) is 1.25. The average molecular weight is 248 g/mol. The SMILES string of the molecule is N#Cc1ccc(OCCn2ccnc2)cc1Cl. The van der Waals surface area contributed by atoms with Crippen molar-refractivity contribution in [2.45, 2.75) is 6.54 Å². The number of rotatable bonds is 4. The predicted molar refractivity (Wildman–Crippen MR) is 63.9 cm³/mol. The summed E-state index contributed by atoms with van der Waals surface area (Å²) in [5.74, 6) is 0.661.